The highest BCUT2D eigenvalue weighted by Gasteiger charge is 2.33. The zero-order chi connectivity index (χ0) is 22.6. The Morgan fingerprint density at radius 1 is 0.812 bits per heavy atom. The molecule has 32 heavy (non-hydrogen) atoms. The zero-order valence-electron chi connectivity index (χ0n) is 20.8. The van der Waals surface area contributed by atoms with Crippen LogP contribution < -0.4 is 4.90 Å². The molecule has 1 aliphatic carbocycles. The fourth-order valence-electron chi connectivity index (χ4n) is 6.38. The van der Waals surface area contributed by atoms with Crippen LogP contribution >= 0.6 is 0 Å². The fourth-order valence-corrected chi connectivity index (χ4v) is 6.38. The third kappa shape index (κ3) is 5.56. The van der Waals surface area contributed by atoms with Crippen molar-refractivity contribution in [3.05, 3.63) is 29.8 Å². The molecule has 1 saturated carbocycles. The predicted octanol–water partition coefficient (Wildman–Crippen LogP) is 5.53. The maximum Gasteiger partial charge on any atom is 0.151 e. The molecule has 0 N–H and O–H groups in total. The molecule has 4 nitrogen and oxygen atoms in total. The van der Waals surface area contributed by atoms with Crippen molar-refractivity contribution in [2.45, 2.75) is 84.2 Å². The second-order valence-corrected chi connectivity index (χ2v) is 11.5. The van der Waals surface area contributed by atoms with E-state index in [-0.39, 0.29) is 6.17 Å². The van der Waals surface area contributed by atoms with Crippen LogP contribution in [0.4, 0.5) is 5.69 Å². The summed E-state index contributed by atoms with van der Waals surface area (Å²) < 4.78 is 0. The fraction of sp³-hybridized carbons (Fsp3) is 0.750. The van der Waals surface area contributed by atoms with Crippen LogP contribution in [-0.2, 0) is 4.79 Å². The van der Waals surface area contributed by atoms with Crippen molar-refractivity contribution in [1.82, 2.24) is 9.80 Å². The van der Waals surface area contributed by atoms with E-state index < -0.39 is 0 Å². The van der Waals surface area contributed by atoms with Crippen molar-refractivity contribution < 1.29 is 4.79 Å². The van der Waals surface area contributed by atoms with Crippen LogP contribution in [0.2, 0.25) is 0 Å². The first-order chi connectivity index (χ1) is 15.5. The SMILES string of the molecule is CC(C)(C)C1CCC(c2ccccc2N2CCN(C(C=O)N3CCCCCC3)CC2)CC1. The molecule has 0 aromatic heterocycles. The lowest BCUT2D eigenvalue weighted by Crippen LogP contribution is -2.57. The molecule has 3 fully saturated rings. The van der Waals surface area contributed by atoms with Crippen molar-refractivity contribution in [3.63, 3.8) is 0 Å². The van der Waals surface area contributed by atoms with E-state index in [2.05, 4.69) is 59.7 Å². The van der Waals surface area contributed by atoms with Gasteiger partial charge in [-0.1, -0.05) is 51.8 Å². The lowest BCUT2D eigenvalue weighted by Gasteiger charge is -2.43. The van der Waals surface area contributed by atoms with Crippen LogP contribution in [0.3, 0.4) is 0 Å². The largest absolute Gasteiger partial charge is 0.369 e. The Balaban J connectivity index is 1.38. The number of para-hydroxylation sites is 1. The minimum absolute atomic E-state index is 0.0295. The molecular formula is C28H45N3O. The Kier molecular flexibility index (Phi) is 7.94. The van der Waals surface area contributed by atoms with E-state index in [9.17, 15) is 4.79 Å². The standard InChI is InChI=1S/C28H45N3O/c1-28(2,3)24-14-12-23(13-15-24)25-10-6-7-11-26(25)29-18-20-31(21-19-29)27(22-32)30-16-8-4-5-9-17-30/h6-7,10-11,22-24,27H,4-5,8-9,12-21H2,1-3H3. The second-order valence-electron chi connectivity index (χ2n) is 11.5. The molecule has 2 heterocycles. The van der Waals surface area contributed by atoms with Gasteiger partial charge in [-0.15, -0.1) is 0 Å². The van der Waals surface area contributed by atoms with Crippen molar-refractivity contribution in [2.75, 3.05) is 44.2 Å². The van der Waals surface area contributed by atoms with Gasteiger partial charge in [0.15, 0.2) is 6.29 Å². The molecule has 4 heteroatoms. The first-order valence-electron chi connectivity index (χ1n) is 13.2. The normalized spacial score (nSPS) is 27.7. The highest BCUT2D eigenvalue weighted by molar-refractivity contribution is 5.58. The molecule has 0 amide bonds. The molecule has 1 aromatic carbocycles. The van der Waals surface area contributed by atoms with E-state index in [1.54, 1.807) is 5.56 Å². The summed E-state index contributed by atoms with van der Waals surface area (Å²) in [6, 6.07) is 9.16. The Bertz CT molecular complexity index is 718. The first-order valence-corrected chi connectivity index (χ1v) is 13.2. The molecule has 1 unspecified atom stereocenters. The van der Waals surface area contributed by atoms with Crippen LogP contribution in [0, 0.1) is 11.3 Å². The number of benzene rings is 1. The highest BCUT2D eigenvalue weighted by Crippen LogP contribution is 2.45. The molecule has 3 aliphatic rings. The van der Waals surface area contributed by atoms with Gasteiger partial charge in [-0.2, -0.15) is 0 Å². The van der Waals surface area contributed by atoms with E-state index in [0.29, 0.717) is 11.3 Å². The van der Waals surface area contributed by atoms with Crippen molar-refractivity contribution in [3.8, 4) is 0 Å². The topological polar surface area (TPSA) is 26.8 Å². The highest BCUT2D eigenvalue weighted by atomic mass is 16.1. The summed E-state index contributed by atoms with van der Waals surface area (Å²) in [6.07, 6.45) is 11.6. The van der Waals surface area contributed by atoms with Gasteiger partial charge in [0.25, 0.3) is 0 Å². The van der Waals surface area contributed by atoms with E-state index in [4.69, 9.17) is 0 Å². The third-order valence-corrected chi connectivity index (χ3v) is 8.49. The van der Waals surface area contributed by atoms with E-state index in [1.165, 1.54) is 63.3 Å². The summed E-state index contributed by atoms with van der Waals surface area (Å²) in [5.74, 6) is 1.55. The average molecular weight is 440 g/mol. The molecule has 4 rings (SSSR count). The van der Waals surface area contributed by atoms with Gasteiger partial charge in [0.05, 0.1) is 0 Å². The first kappa shape index (κ1) is 23.8. The van der Waals surface area contributed by atoms with Crippen LogP contribution in [0.5, 0.6) is 0 Å². The lowest BCUT2D eigenvalue weighted by molar-refractivity contribution is -0.119. The smallest absolute Gasteiger partial charge is 0.151 e. The summed E-state index contributed by atoms with van der Waals surface area (Å²) in [6.45, 7) is 13.4. The third-order valence-electron chi connectivity index (χ3n) is 8.49. The van der Waals surface area contributed by atoms with Gasteiger partial charge in [0, 0.05) is 45.0 Å². The molecular weight excluding hydrogens is 394 g/mol. The number of hydrogen-bond donors (Lipinski definition) is 0. The van der Waals surface area contributed by atoms with E-state index in [0.717, 1.165) is 45.2 Å². The molecule has 1 aromatic rings. The van der Waals surface area contributed by atoms with Crippen LogP contribution in [0.25, 0.3) is 0 Å². The van der Waals surface area contributed by atoms with Crippen LogP contribution in [0.1, 0.15) is 83.6 Å². The Morgan fingerprint density at radius 2 is 1.41 bits per heavy atom. The number of likely N-dealkylation sites (tertiary alicyclic amines) is 1. The number of anilines is 1. The van der Waals surface area contributed by atoms with Gasteiger partial charge < -0.3 is 9.69 Å². The number of aldehydes is 1. The Labute approximate surface area is 196 Å². The minimum atomic E-state index is -0.0295. The predicted molar refractivity (Wildman–Crippen MR) is 134 cm³/mol. The summed E-state index contributed by atoms with van der Waals surface area (Å²) in [7, 11) is 0. The number of rotatable bonds is 5. The maximum absolute atomic E-state index is 12.0. The lowest BCUT2D eigenvalue weighted by atomic mass is 9.68. The van der Waals surface area contributed by atoms with E-state index in [1.807, 2.05) is 0 Å². The summed E-state index contributed by atoms with van der Waals surface area (Å²) in [4.78, 5) is 19.5. The van der Waals surface area contributed by atoms with Gasteiger partial charge in [0.1, 0.15) is 6.17 Å². The zero-order valence-corrected chi connectivity index (χ0v) is 20.8. The van der Waals surface area contributed by atoms with Crippen molar-refractivity contribution >= 4 is 12.0 Å². The number of carbonyl (C=O) groups is 1. The van der Waals surface area contributed by atoms with Gasteiger partial charge in [-0.3, -0.25) is 9.80 Å². The molecule has 2 saturated heterocycles. The Morgan fingerprint density at radius 3 is 2.00 bits per heavy atom. The number of carbonyl (C=O) groups excluding carboxylic acids is 1. The van der Waals surface area contributed by atoms with Crippen molar-refractivity contribution in [1.29, 1.82) is 0 Å². The van der Waals surface area contributed by atoms with Crippen LogP contribution in [0.15, 0.2) is 24.3 Å². The minimum Gasteiger partial charge on any atom is -0.369 e. The van der Waals surface area contributed by atoms with Gasteiger partial charge >= 0.3 is 0 Å². The van der Waals surface area contributed by atoms with Gasteiger partial charge in [-0.25, -0.2) is 0 Å². The molecule has 0 bridgehead atoms. The molecule has 1 atom stereocenters. The monoisotopic (exact) mass is 439 g/mol. The Hall–Kier alpha value is -1.39. The van der Waals surface area contributed by atoms with E-state index >= 15 is 0 Å². The molecule has 2 aliphatic heterocycles. The number of nitrogens with zero attached hydrogens (tertiary/aromatic N) is 3. The number of piperazine rings is 1. The molecule has 0 spiro atoms. The summed E-state index contributed by atoms with van der Waals surface area (Å²) >= 11 is 0. The summed E-state index contributed by atoms with van der Waals surface area (Å²) in [5, 5.41) is 0. The maximum atomic E-state index is 12.0. The average Bonchev–Trinajstić information content (AvgIpc) is 3.09. The van der Waals surface area contributed by atoms with Crippen LogP contribution in [-0.4, -0.2) is 61.5 Å². The van der Waals surface area contributed by atoms with Crippen molar-refractivity contribution in [2.24, 2.45) is 11.3 Å². The number of hydrogen-bond acceptors (Lipinski definition) is 4. The van der Waals surface area contributed by atoms with Gasteiger partial charge in [-0.05, 0) is 67.4 Å². The summed E-state index contributed by atoms with van der Waals surface area (Å²) in [5.41, 5.74) is 3.44. The molecule has 178 valence electrons. The quantitative estimate of drug-likeness (QED) is 0.564. The van der Waals surface area contributed by atoms with Gasteiger partial charge in [0.2, 0.25) is 0 Å². The second kappa shape index (κ2) is 10.7. The molecule has 0 radical (unpaired) electrons.